The van der Waals surface area contributed by atoms with E-state index in [-0.39, 0.29) is 33.9 Å². The van der Waals surface area contributed by atoms with Gasteiger partial charge in [-0.2, -0.15) is 18.3 Å². The number of aromatic carboxylic acids is 1. The summed E-state index contributed by atoms with van der Waals surface area (Å²) in [5.41, 5.74) is 2.49. The van der Waals surface area contributed by atoms with Crippen LogP contribution in [0.3, 0.4) is 0 Å². The average Bonchev–Trinajstić information content (AvgIpc) is 3.20. The highest BCUT2D eigenvalue weighted by Gasteiger charge is 2.41. The predicted octanol–water partition coefficient (Wildman–Crippen LogP) is 7.03. The fourth-order valence-electron chi connectivity index (χ4n) is 4.52. The number of phenolic OH excluding ortho intramolecular Hbond substituents is 1. The number of fused-ring (bicyclic) bond motifs is 1. The van der Waals surface area contributed by atoms with Crippen LogP contribution in [0.4, 0.5) is 34.6 Å². The first-order valence-corrected chi connectivity index (χ1v) is 12.2. The van der Waals surface area contributed by atoms with Crippen LogP contribution in [0.25, 0.3) is 11.1 Å². The summed E-state index contributed by atoms with van der Waals surface area (Å²) in [4.78, 5) is 25.9. The van der Waals surface area contributed by atoms with Crippen LogP contribution < -0.4 is 10.3 Å². The lowest BCUT2D eigenvalue weighted by Crippen LogP contribution is -2.26. The highest BCUT2D eigenvalue weighted by molar-refractivity contribution is 6.55. The number of aryl methyl sites for hydroxylation is 2. The van der Waals surface area contributed by atoms with Gasteiger partial charge < -0.3 is 10.2 Å². The van der Waals surface area contributed by atoms with E-state index >= 15 is 4.39 Å². The Morgan fingerprint density at radius 2 is 1.68 bits per heavy atom. The SMILES string of the molecule is Cc1ccc(N2C(=O)C(=NNc3cccc(-c4cccc(C(=O)O)c4)c3O)c3c(F)cc(C(F)(F)F)cc32)cc1C. The number of carboxylic acids is 1. The average molecular weight is 564 g/mol. The topological polar surface area (TPSA) is 102 Å². The zero-order valence-electron chi connectivity index (χ0n) is 21.5. The van der Waals surface area contributed by atoms with E-state index in [1.165, 1.54) is 36.4 Å². The number of phenols is 1. The van der Waals surface area contributed by atoms with Gasteiger partial charge in [0.1, 0.15) is 11.6 Å². The zero-order chi connectivity index (χ0) is 29.6. The lowest BCUT2D eigenvalue weighted by atomic mass is 10.0. The molecule has 208 valence electrons. The molecule has 1 amide bonds. The number of hydrogen-bond acceptors (Lipinski definition) is 5. The van der Waals surface area contributed by atoms with Crippen LogP contribution >= 0.6 is 0 Å². The van der Waals surface area contributed by atoms with Gasteiger partial charge in [-0.25, -0.2) is 9.18 Å². The Kier molecular flexibility index (Phi) is 6.74. The maximum Gasteiger partial charge on any atom is 0.416 e. The van der Waals surface area contributed by atoms with Crippen molar-refractivity contribution in [1.82, 2.24) is 0 Å². The molecule has 0 atom stereocenters. The van der Waals surface area contributed by atoms with Gasteiger partial charge >= 0.3 is 12.1 Å². The highest BCUT2D eigenvalue weighted by Crippen LogP contribution is 2.42. The molecule has 1 heterocycles. The number of carbonyl (C=O) groups excluding carboxylic acids is 1. The van der Waals surface area contributed by atoms with E-state index in [0.717, 1.165) is 16.0 Å². The van der Waals surface area contributed by atoms with Crippen molar-refractivity contribution in [2.45, 2.75) is 20.0 Å². The van der Waals surface area contributed by atoms with Crippen LogP contribution in [0.15, 0.2) is 77.9 Å². The number of benzene rings is 4. The summed E-state index contributed by atoms with van der Waals surface area (Å²) in [5, 5.41) is 24.2. The second kappa shape index (κ2) is 10.1. The molecule has 0 bridgehead atoms. The third kappa shape index (κ3) is 4.97. The molecule has 7 nitrogen and oxygen atoms in total. The van der Waals surface area contributed by atoms with Gasteiger partial charge in [0.25, 0.3) is 5.91 Å². The number of carbonyl (C=O) groups is 2. The molecule has 0 spiro atoms. The maximum atomic E-state index is 15.2. The molecule has 0 fully saturated rings. The standard InChI is InChI=1S/C30H21F4N3O4/c1-15-9-10-20(11-16(15)2)37-24-14-19(30(32,33)34)13-22(31)25(24)26(28(37)39)36-35-23-8-4-7-21(27(23)38)17-5-3-6-18(12-17)29(40)41/h3-14,35,38H,1-2H3,(H,40,41). The largest absolute Gasteiger partial charge is 0.505 e. The minimum Gasteiger partial charge on any atom is -0.505 e. The first-order chi connectivity index (χ1) is 19.4. The highest BCUT2D eigenvalue weighted by atomic mass is 19.4. The molecule has 3 N–H and O–H groups in total. The molecule has 0 saturated heterocycles. The number of amides is 1. The van der Waals surface area contributed by atoms with Crippen LogP contribution in [0, 0.1) is 19.7 Å². The monoisotopic (exact) mass is 563 g/mol. The van der Waals surface area contributed by atoms with Gasteiger partial charge in [-0.05, 0) is 73.0 Å². The normalized spacial score (nSPS) is 14.0. The molecule has 1 aliphatic heterocycles. The fourth-order valence-corrected chi connectivity index (χ4v) is 4.52. The molecular formula is C30H21F4N3O4. The third-order valence-corrected chi connectivity index (χ3v) is 6.77. The summed E-state index contributed by atoms with van der Waals surface area (Å²) >= 11 is 0. The zero-order valence-corrected chi connectivity index (χ0v) is 21.5. The number of hydrazone groups is 1. The maximum absolute atomic E-state index is 15.2. The van der Waals surface area contributed by atoms with Gasteiger partial charge in [-0.1, -0.05) is 30.3 Å². The molecule has 0 saturated carbocycles. The second-order valence-corrected chi connectivity index (χ2v) is 9.42. The van der Waals surface area contributed by atoms with Crippen LogP contribution in [0.1, 0.15) is 32.6 Å². The molecule has 4 aromatic rings. The van der Waals surface area contributed by atoms with Crippen molar-refractivity contribution in [3.05, 3.63) is 106 Å². The first kappa shape index (κ1) is 27.4. The van der Waals surface area contributed by atoms with Crippen molar-refractivity contribution < 1.29 is 37.4 Å². The third-order valence-electron chi connectivity index (χ3n) is 6.77. The summed E-state index contributed by atoms with van der Waals surface area (Å²) in [6.45, 7) is 3.60. The first-order valence-electron chi connectivity index (χ1n) is 12.2. The number of anilines is 3. The van der Waals surface area contributed by atoms with Gasteiger partial charge in [-0.3, -0.25) is 15.1 Å². The smallest absolute Gasteiger partial charge is 0.416 e. The van der Waals surface area contributed by atoms with E-state index in [1.54, 1.807) is 31.2 Å². The number of hydrogen-bond donors (Lipinski definition) is 3. The molecule has 0 aromatic heterocycles. The summed E-state index contributed by atoms with van der Waals surface area (Å²) in [5.74, 6) is -3.67. The second-order valence-electron chi connectivity index (χ2n) is 9.42. The number of nitrogens with zero attached hydrogens (tertiary/aromatic N) is 2. The van der Waals surface area contributed by atoms with Crippen molar-refractivity contribution in [2.75, 3.05) is 10.3 Å². The van der Waals surface area contributed by atoms with E-state index in [4.69, 9.17) is 0 Å². The number of para-hydroxylation sites is 1. The molecule has 11 heteroatoms. The van der Waals surface area contributed by atoms with Crippen LogP contribution in [0.2, 0.25) is 0 Å². The molecular weight excluding hydrogens is 542 g/mol. The molecule has 0 unspecified atom stereocenters. The molecule has 5 rings (SSSR count). The molecule has 41 heavy (non-hydrogen) atoms. The van der Waals surface area contributed by atoms with E-state index in [2.05, 4.69) is 10.5 Å². The van der Waals surface area contributed by atoms with Crippen molar-refractivity contribution in [3.8, 4) is 16.9 Å². The van der Waals surface area contributed by atoms with Gasteiger partial charge in [-0.15, -0.1) is 0 Å². The van der Waals surface area contributed by atoms with Gasteiger partial charge in [0.05, 0.1) is 28.1 Å². The van der Waals surface area contributed by atoms with Crippen molar-refractivity contribution in [3.63, 3.8) is 0 Å². The summed E-state index contributed by atoms with van der Waals surface area (Å²) in [6, 6.07) is 16.2. The Balaban J connectivity index is 1.60. The molecule has 4 aromatic carbocycles. The van der Waals surface area contributed by atoms with E-state index < -0.39 is 40.7 Å². The number of halogens is 4. The van der Waals surface area contributed by atoms with E-state index in [0.29, 0.717) is 17.7 Å². The lowest BCUT2D eigenvalue weighted by Gasteiger charge is -2.19. The van der Waals surface area contributed by atoms with Gasteiger partial charge in [0.15, 0.2) is 5.71 Å². The number of carboxylic acid groups (broad SMARTS) is 1. The number of rotatable bonds is 5. The van der Waals surface area contributed by atoms with Crippen molar-refractivity contribution in [1.29, 1.82) is 0 Å². The Morgan fingerprint density at radius 1 is 0.951 bits per heavy atom. The fraction of sp³-hybridized carbons (Fsp3) is 0.100. The van der Waals surface area contributed by atoms with Crippen molar-refractivity contribution >= 4 is 34.7 Å². The Morgan fingerprint density at radius 3 is 2.37 bits per heavy atom. The van der Waals surface area contributed by atoms with Gasteiger partial charge in [0.2, 0.25) is 0 Å². The lowest BCUT2D eigenvalue weighted by molar-refractivity contribution is -0.137. The predicted molar refractivity (Wildman–Crippen MR) is 145 cm³/mol. The summed E-state index contributed by atoms with van der Waals surface area (Å²) < 4.78 is 55.9. The Hall–Kier alpha value is -5.19. The number of alkyl halides is 3. The quantitative estimate of drug-likeness (QED) is 0.138. The minimum absolute atomic E-state index is 0.00574. The minimum atomic E-state index is -4.86. The van der Waals surface area contributed by atoms with E-state index in [9.17, 15) is 33.0 Å². The number of aromatic hydroxyl groups is 1. The number of nitrogens with one attached hydrogen (secondary N) is 1. The van der Waals surface area contributed by atoms with Crippen LogP contribution in [0.5, 0.6) is 5.75 Å². The summed E-state index contributed by atoms with van der Waals surface area (Å²) in [7, 11) is 0. The summed E-state index contributed by atoms with van der Waals surface area (Å²) in [6.07, 6.45) is -4.86. The molecule has 0 aliphatic carbocycles. The van der Waals surface area contributed by atoms with E-state index in [1.807, 2.05) is 6.92 Å². The van der Waals surface area contributed by atoms with Crippen molar-refractivity contribution in [2.24, 2.45) is 5.10 Å². The van der Waals surface area contributed by atoms with Gasteiger partial charge in [0, 0.05) is 11.3 Å². The van der Waals surface area contributed by atoms with Crippen LogP contribution in [-0.2, 0) is 11.0 Å². The Bertz CT molecular complexity index is 1770. The molecule has 1 aliphatic rings. The Labute approximate surface area is 231 Å². The van der Waals surface area contributed by atoms with Crippen LogP contribution in [-0.4, -0.2) is 27.8 Å². The molecule has 0 radical (unpaired) electrons.